The van der Waals surface area contributed by atoms with Crippen molar-refractivity contribution < 1.29 is 18.4 Å². The molecule has 0 radical (unpaired) electrons. The van der Waals surface area contributed by atoms with Crippen molar-refractivity contribution in [3.63, 3.8) is 0 Å². The summed E-state index contributed by atoms with van der Waals surface area (Å²) in [7, 11) is 0. The van der Waals surface area contributed by atoms with Gasteiger partial charge in [-0.25, -0.2) is 8.78 Å². The van der Waals surface area contributed by atoms with Gasteiger partial charge in [-0.3, -0.25) is 19.8 Å². The number of benzene rings is 1. The molecular formula is C19H24F2N4O2. The van der Waals surface area contributed by atoms with Crippen molar-refractivity contribution in [3.05, 3.63) is 28.8 Å². The van der Waals surface area contributed by atoms with Crippen LogP contribution in [0.3, 0.4) is 0 Å². The molecule has 2 N–H and O–H groups in total. The van der Waals surface area contributed by atoms with E-state index in [0.717, 1.165) is 5.56 Å². The van der Waals surface area contributed by atoms with Gasteiger partial charge in [-0.15, -0.1) is 0 Å². The van der Waals surface area contributed by atoms with Gasteiger partial charge in [0.25, 0.3) is 0 Å². The average molecular weight is 378 g/mol. The summed E-state index contributed by atoms with van der Waals surface area (Å²) < 4.78 is 29.3. The Morgan fingerprint density at radius 2 is 1.81 bits per heavy atom. The highest BCUT2D eigenvalue weighted by atomic mass is 19.2. The lowest BCUT2D eigenvalue weighted by Crippen LogP contribution is -2.56. The molecule has 8 heteroatoms. The molecule has 6 nitrogen and oxygen atoms in total. The van der Waals surface area contributed by atoms with Gasteiger partial charge in [0, 0.05) is 44.7 Å². The smallest absolute Gasteiger partial charge is 0.243 e. The first-order valence-electron chi connectivity index (χ1n) is 9.43. The average Bonchev–Trinajstić information content (AvgIpc) is 3.00. The van der Waals surface area contributed by atoms with Gasteiger partial charge >= 0.3 is 0 Å². The predicted molar refractivity (Wildman–Crippen MR) is 96.0 cm³/mol. The molecule has 3 aliphatic heterocycles. The van der Waals surface area contributed by atoms with Gasteiger partial charge in [-0.05, 0) is 37.5 Å². The van der Waals surface area contributed by atoms with Gasteiger partial charge in [0.2, 0.25) is 11.8 Å². The minimum Gasteiger partial charge on any atom is -0.361 e. The van der Waals surface area contributed by atoms with Crippen LogP contribution in [0.1, 0.15) is 37.8 Å². The first-order valence-corrected chi connectivity index (χ1v) is 9.43. The predicted octanol–water partition coefficient (Wildman–Crippen LogP) is 1.27. The minimum absolute atomic E-state index is 0.0267. The molecule has 0 spiro atoms. The van der Waals surface area contributed by atoms with Gasteiger partial charge in [0.1, 0.15) is 0 Å². The molecule has 1 aromatic carbocycles. The number of hydrogen-bond donors (Lipinski definition) is 2. The van der Waals surface area contributed by atoms with Crippen LogP contribution in [0, 0.1) is 11.6 Å². The Balaban J connectivity index is 1.69. The molecule has 0 bridgehead atoms. The molecule has 1 aromatic rings. The Morgan fingerprint density at radius 1 is 1.11 bits per heavy atom. The topological polar surface area (TPSA) is 64.7 Å². The first kappa shape index (κ1) is 18.3. The van der Waals surface area contributed by atoms with Crippen LogP contribution in [0.5, 0.6) is 0 Å². The van der Waals surface area contributed by atoms with Crippen molar-refractivity contribution >= 4 is 17.5 Å². The van der Waals surface area contributed by atoms with Gasteiger partial charge in [0.15, 0.2) is 11.6 Å². The van der Waals surface area contributed by atoms with Crippen molar-refractivity contribution in [1.29, 1.82) is 0 Å². The van der Waals surface area contributed by atoms with E-state index in [2.05, 4.69) is 10.6 Å². The number of imide groups is 1. The molecule has 3 atom stereocenters. The summed E-state index contributed by atoms with van der Waals surface area (Å²) in [5.41, 5.74) is 1.78. The molecular weight excluding hydrogens is 354 g/mol. The number of carbonyl (C=O) groups excluding carboxylic acids is 2. The lowest BCUT2D eigenvalue weighted by atomic mass is 10.0. The third-order valence-electron chi connectivity index (χ3n) is 5.86. The Labute approximate surface area is 156 Å². The third-order valence-corrected chi connectivity index (χ3v) is 5.86. The number of anilines is 1. The molecule has 3 unspecified atom stereocenters. The fraction of sp³-hybridized carbons (Fsp3) is 0.579. The number of rotatable bonds is 2. The van der Waals surface area contributed by atoms with E-state index in [0.29, 0.717) is 43.9 Å². The lowest BCUT2D eigenvalue weighted by molar-refractivity contribution is -0.137. The summed E-state index contributed by atoms with van der Waals surface area (Å²) >= 11 is 0. The zero-order chi connectivity index (χ0) is 19.3. The number of hydrogen-bond acceptors (Lipinski definition) is 5. The first-order chi connectivity index (χ1) is 12.9. The van der Waals surface area contributed by atoms with Gasteiger partial charge < -0.3 is 10.2 Å². The Kier molecular flexibility index (Phi) is 4.63. The maximum absolute atomic E-state index is 14.9. The second kappa shape index (κ2) is 6.83. The Hall–Kier alpha value is -2.06. The van der Waals surface area contributed by atoms with Crippen molar-refractivity contribution in [3.8, 4) is 0 Å². The summed E-state index contributed by atoms with van der Waals surface area (Å²) in [5.74, 6) is -2.27. The summed E-state index contributed by atoms with van der Waals surface area (Å²) in [6.45, 7) is 6.13. The summed E-state index contributed by atoms with van der Waals surface area (Å²) in [4.78, 5) is 27.5. The fourth-order valence-electron chi connectivity index (χ4n) is 4.59. The van der Waals surface area contributed by atoms with Gasteiger partial charge in [-0.2, -0.15) is 0 Å². The van der Waals surface area contributed by atoms with E-state index in [-0.39, 0.29) is 30.3 Å². The molecule has 0 aromatic heterocycles. The quantitative estimate of drug-likeness (QED) is 0.759. The molecule has 2 saturated heterocycles. The Morgan fingerprint density at radius 3 is 2.48 bits per heavy atom. The Bertz CT molecular complexity index is 790. The number of piperidine rings is 1. The molecule has 3 heterocycles. The van der Waals surface area contributed by atoms with Crippen molar-refractivity contribution in [2.75, 3.05) is 18.0 Å². The third kappa shape index (κ3) is 3.10. The van der Waals surface area contributed by atoms with E-state index in [9.17, 15) is 18.4 Å². The molecule has 0 saturated carbocycles. The number of fused-ring (bicyclic) bond motifs is 1. The number of nitrogens with zero attached hydrogens (tertiary/aromatic N) is 2. The lowest BCUT2D eigenvalue weighted by Gasteiger charge is -2.42. The fourth-order valence-corrected chi connectivity index (χ4v) is 4.59. The number of piperazine rings is 1. The van der Waals surface area contributed by atoms with Crippen LogP contribution < -0.4 is 15.5 Å². The van der Waals surface area contributed by atoms with Crippen molar-refractivity contribution in [2.24, 2.45) is 0 Å². The van der Waals surface area contributed by atoms with E-state index < -0.39 is 17.7 Å². The highest BCUT2D eigenvalue weighted by Gasteiger charge is 2.39. The minimum atomic E-state index is -0.855. The van der Waals surface area contributed by atoms with E-state index in [1.54, 1.807) is 0 Å². The normalized spacial score (nSPS) is 29.0. The highest BCUT2D eigenvalue weighted by Crippen LogP contribution is 2.39. The van der Waals surface area contributed by atoms with Crippen LogP contribution in [0.25, 0.3) is 0 Å². The molecule has 3 aliphatic rings. The molecule has 4 rings (SSSR count). The molecule has 2 amide bonds. The zero-order valence-corrected chi connectivity index (χ0v) is 15.5. The second-order valence-corrected chi connectivity index (χ2v) is 7.79. The van der Waals surface area contributed by atoms with Gasteiger partial charge in [-0.1, -0.05) is 0 Å². The number of carbonyl (C=O) groups is 2. The molecule has 2 fully saturated rings. The van der Waals surface area contributed by atoms with Crippen LogP contribution in [-0.4, -0.2) is 47.9 Å². The van der Waals surface area contributed by atoms with E-state index in [4.69, 9.17) is 0 Å². The highest BCUT2D eigenvalue weighted by molar-refractivity contribution is 6.00. The van der Waals surface area contributed by atoms with E-state index in [1.807, 2.05) is 23.6 Å². The van der Waals surface area contributed by atoms with E-state index >= 15 is 0 Å². The van der Waals surface area contributed by atoms with Crippen LogP contribution in [-0.2, 0) is 22.7 Å². The number of halogens is 2. The van der Waals surface area contributed by atoms with Crippen molar-refractivity contribution in [1.82, 2.24) is 15.5 Å². The molecule has 0 aliphatic carbocycles. The zero-order valence-electron chi connectivity index (χ0n) is 15.5. The number of nitrogens with one attached hydrogen (secondary N) is 2. The molecule has 27 heavy (non-hydrogen) atoms. The number of amides is 2. The maximum atomic E-state index is 14.9. The van der Waals surface area contributed by atoms with Crippen molar-refractivity contribution in [2.45, 2.75) is 57.9 Å². The van der Waals surface area contributed by atoms with Crippen LogP contribution in [0.4, 0.5) is 14.5 Å². The largest absolute Gasteiger partial charge is 0.361 e. The summed E-state index contributed by atoms with van der Waals surface area (Å²) in [5, 5.41) is 5.66. The van der Waals surface area contributed by atoms with Crippen LogP contribution >= 0.6 is 0 Å². The molecule has 146 valence electrons. The summed E-state index contributed by atoms with van der Waals surface area (Å²) in [6.07, 6.45) is 0.712. The van der Waals surface area contributed by atoms with Crippen LogP contribution in [0.15, 0.2) is 6.07 Å². The standard InChI is InChI=1S/C19H24F2N4O2/c1-10-6-22-7-11(2)25(10)18-13-9-24(8-12(13)5-14(20)17(18)21)15-3-4-16(26)23-19(15)27/h5,10-11,15,22H,3-4,6-9H2,1-2H3,(H,23,26,27). The van der Waals surface area contributed by atoms with Gasteiger partial charge in [0.05, 0.1) is 11.7 Å². The SMILES string of the molecule is CC1CNCC(C)N1c1c(F)c(F)cc2c1CN(C1CCC(=O)NC1=O)C2. The maximum Gasteiger partial charge on any atom is 0.243 e. The van der Waals surface area contributed by atoms with Crippen LogP contribution in [0.2, 0.25) is 0 Å². The summed E-state index contributed by atoms with van der Waals surface area (Å²) in [6, 6.07) is 0.849. The monoisotopic (exact) mass is 378 g/mol. The second-order valence-electron chi connectivity index (χ2n) is 7.79. The van der Waals surface area contributed by atoms with E-state index in [1.165, 1.54) is 6.07 Å².